The second-order valence-corrected chi connectivity index (χ2v) is 3.29. The summed E-state index contributed by atoms with van der Waals surface area (Å²) in [7, 11) is 1.25. The number of nitrogens with zero attached hydrogens (tertiary/aromatic N) is 1. The van der Waals surface area contributed by atoms with Gasteiger partial charge in [-0.3, -0.25) is 10.1 Å². The molecule has 0 saturated heterocycles. The fourth-order valence-corrected chi connectivity index (χ4v) is 1.36. The summed E-state index contributed by atoms with van der Waals surface area (Å²) in [6.07, 6.45) is 1.38. The summed E-state index contributed by atoms with van der Waals surface area (Å²) in [6, 6.07) is 2.62. The largest absolute Gasteiger partial charge is 0.466 e. The molecule has 7 heteroatoms. The van der Waals surface area contributed by atoms with E-state index in [-0.39, 0.29) is 17.0 Å². The summed E-state index contributed by atoms with van der Waals surface area (Å²) >= 11 is 3.11. The highest BCUT2D eigenvalue weighted by Crippen LogP contribution is 2.19. The first-order chi connectivity index (χ1) is 7.58. The fourth-order valence-electron chi connectivity index (χ4n) is 0.973. The van der Waals surface area contributed by atoms with Gasteiger partial charge >= 0.3 is 11.9 Å². The highest BCUT2D eigenvalue weighted by molar-refractivity contribution is 9.09. The van der Waals surface area contributed by atoms with Gasteiger partial charge in [-0.05, 0) is 12.1 Å². The van der Waals surface area contributed by atoms with Gasteiger partial charge in [0.2, 0.25) is 0 Å². The summed E-state index contributed by atoms with van der Waals surface area (Å²) in [5.41, 5.74) is 0.312. The zero-order chi connectivity index (χ0) is 12.1. The molecule has 0 saturated carbocycles. The molecule has 0 radical (unpaired) electrons. The van der Waals surface area contributed by atoms with Crippen molar-refractivity contribution in [1.29, 1.82) is 0 Å². The van der Waals surface area contributed by atoms with Crippen LogP contribution in [0.15, 0.2) is 22.1 Å². The Kier molecular flexibility index (Phi) is 4.24. The molecule has 1 heterocycles. The van der Waals surface area contributed by atoms with Gasteiger partial charge < -0.3 is 9.15 Å². The standard InChI is InChI=1S/C9H8BrNO5/c1-15-9(12)6(5-10)4-7-2-3-8(16-7)11(13)14/h2-4H,5H2,1H3. The Morgan fingerprint density at radius 3 is 2.81 bits per heavy atom. The average molecular weight is 290 g/mol. The molecule has 0 aliphatic heterocycles. The van der Waals surface area contributed by atoms with Crippen LogP contribution in [0, 0.1) is 10.1 Å². The maximum atomic E-state index is 11.2. The van der Waals surface area contributed by atoms with Crippen LogP contribution in [-0.2, 0) is 9.53 Å². The van der Waals surface area contributed by atoms with Crippen LogP contribution in [0.2, 0.25) is 0 Å². The van der Waals surface area contributed by atoms with Gasteiger partial charge in [0.05, 0.1) is 18.7 Å². The van der Waals surface area contributed by atoms with E-state index in [4.69, 9.17) is 4.42 Å². The lowest BCUT2D eigenvalue weighted by Crippen LogP contribution is -2.05. The molecule has 86 valence electrons. The Morgan fingerprint density at radius 1 is 1.69 bits per heavy atom. The highest BCUT2D eigenvalue weighted by Gasteiger charge is 2.13. The third-order valence-electron chi connectivity index (χ3n) is 1.70. The van der Waals surface area contributed by atoms with Crippen LogP contribution >= 0.6 is 15.9 Å². The molecule has 1 rings (SSSR count). The molecule has 0 aromatic carbocycles. The molecular formula is C9H8BrNO5. The second kappa shape index (κ2) is 5.45. The number of alkyl halides is 1. The van der Waals surface area contributed by atoms with Crippen LogP contribution in [0.4, 0.5) is 5.88 Å². The number of carbonyl (C=O) groups excluding carboxylic acids is 1. The molecule has 0 atom stereocenters. The SMILES string of the molecule is COC(=O)C(=Cc1ccc([N+](=O)[O-])o1)CBr. The Labute approximate surface area is 99.2 Å². The highest BCUT2D eigenvalue weighted by atomic mass is 79.9. The van der Waals surface area contributed by atoms with E-state index in [0.717, 1.165) is 0 Å². The quantitative estimate of drug-likeness (QED) is 0.279. The zero-order valence-electron chi connectivity index (χ0n) is 8.31. The van der Waals surface area contributed by atoms with Gasteiger partial charge in [-0.15, -0.1) is 0 Å². The number of furan rings is 1. The number of esters is 1. The Hall–Kier alpha value is -1.63. The third-order valence-corrected chi connectivity index (χ3v) is 2.30. The van der Waals surface area contributed by atoms with Crippen molar-refractivity contribution in [2.45, 2.75) is 0 Å². The summed E-state index contributed by atoms with van der Waals surface area (Å²) in [5, 5.41) is 10.6. The van der Waals surface area contributed by atoms with Crippen LogP contribution in [0.25, 0.3) is 6.08 Å². The molecule has 1 aromatic rings. The minimum atomic E-state index is -0.650. The summed E-state index contributed by atoms with van der Waals surface area (Å²) in [6.45, 7) is 0. The normalized spacial score (nSPS) is 11.2. The molecule has 0 N–H and O–H groups in total. The fraction of sp³-hybridized carbons (Fsp3) is 0.222. The number of hydrogen-bond donors (Lipinski definition) is 0. The minimum Gasteiger partial charge on any atom is -0.466 e. The lowest BCUT2D eigenvalue weighted by molar-refractivity contribution is -0.402. The number of halogens is 1. The maximum absolute atomic E-state index is 11.2. The van der Waals surface area contributed by atoms with Crippen molar-refractivity contribution in [3.8, 4) is 0 Å². The van der Waals surface area contributed by atoms with Crippen LogP contribution in [0.5, 0.6) is 0 Å². The predicted octanol–water partition coefficient (Wildman–Crippen LogP) is 2.14. The van der Waals surface area contributed by atoms with Gasteiger partial charge in [-0.2, -0.15) is 0 Å². The van der Waals surface area contributed by atoms with Gasteiger partial charge in [0.15, 0.2) is 0 Å². The Morgan fingerprint density at radius 2 is 2.38 bits per heavy atom. The van der Waals surface area contributed by atoms with E-state index in [2.05, 4.69) is 20.7 Å². The first-order valence-corrected chi connectivity index (χ1v) is 5.29. The minimum absolute atomic E-state index is 0.228. The third kappa shape index (κ3) is 2.93. The van der Waals surface area contributed by atoms with Crippen molar-refractivity contribution in [1.82, 2.24) is 0 Å². The van der Waals surface area contributed by atoms with E-state index in [9.17, 15) is 14.9 Å². The van der Waals surface area contributed by atoms with E-state index in [1.165, 1.54) is 25.3 Å². The molecular weight excluding hydrogens is 282 g/mol. The van der Waals surface area contributed by atoms with Gasteiger partial charge in [-0.1, -0.05) is 15.9 Å². The smallest absolute Gasteiger partial charge is 0.433 e. The van der Waals surface area contributed by atoms with Crippen molar-refractivity contribution >= 4 is 33.9 Å². The van der Waals surface area contributed by atoms with Gasteiger partial charge in [0, 0.05) is 5.33 Å². The number of hydrogen-bond acceptors (Lipinski definition) is 5. The lowest BCUT2D eigenvalue weighted by atomic mass is 10.2. The molecule has 6 nitrogen and oxygen atoms in total. The van der Waals surface area contributed by atoms with E-state index >= 15 is 0 Å². The molecule has 0 fully saturated rings. The van der Waals surface area contributed by atoms with Crippen LogP contribution in [-0.4, -0.2) is 23.3 Å². The second-order valence-electron chi connectivity index (χ2n) is 2.73. The van der Waals surface area contributed by atoms with E-state index in [0.29, 0.717) is 5.57 Å². The van der Waals surface area contributed by atoms with E-state index in [1.807, 2.05) is 0 Å². The van der Waals surface area contributed by atoms with Crippen molar-refractivity contribution in [2.75, 3.05) is 12.4 Å². The molecule has 16 heavy (non-hydrogen) atoms. The zero-order valence-corrected chi connectivity index (χ0v) is 9.89. The molecule has 0 aliphatic rings. The molecule has 0 unspecified atom stereocenters. The number of nitro groups is 1. The summed E-state index contributed by atoms with van der Waals surface area (Å²) < 4.78 is 9.38. The van der Waals surface area contributed by atoms with Crippen molar-refractivity contribution in [2.24, 2.45) is 0 Å². The van der Waals surface area contributed by atoms with Crippen molar-refractivity contribution < 1.29 is 18.9 Å². The van der Waals surface area contributed by atoms with Crippen molar-refractivity contribution in [3.05, 3.63) is 33.6 Å². The Bertz CT molecular complexity index is 437. The average Bonchev–Trinajstić information content (AvgIpc) is 2.73. The first kappa shape index (κ1) is 12.4. The predicted molar refractivity (Wildman–Crippen MR) is 59.1 cm³/mol. The number of rotatable bonds is 4. The van der Waals surface area contributed by atoms with E-state index < -0.39 is 10.9 Å². The summed E-state index contributed by atoms with van der Waals surface area (Å²) in [4.78, 5) is 20.9. The maximum Gasteiger partial charge on any atom is 0.433 e. The number of methoxy groups -OCH3 is 1. The number of ether oxygens (including phenoxy) is 1. The summed E-state index contributed by atoms with van der Waals surface area (Å²) in [5.74, 6) is -0.660. The topological polar surface area (TPSA) is 82.6 Å². The number of carbonyl (C=O) groups is 1. The van der Waals surface area contributed by atoms with Gasteiger partial charge in [-0.25, -0.2) is 4.79 Å². The van der Waals surface area contributed by atoms with Gasteiger partial charge in [0.1, 0.15) is 10.7 Å². The monoisotopic (exact) mass is 289 g/mol. The van der Waals surface area contributed by atoms with Gasteiger partial charge in [0.25, 0.3) is 0 Å². The molecule has 0 bridgehead atoms. The van der Waals surface area contributed by atoms with E-state index in [1.54, 1.807) is 0 Å². The first-order valence-electron chi connectivity index (χ1n) is 4.17. The molecule has 0 amide bonds. The van der Waals surface area contributed by atoms with Crippen LogP contribution in [0.1, 0.15) is 5.76 Å². The van der Waals surface area contributed by atoms with Crippen molar-refractivity contribution in [3.63, 3.8) is 0 Å². The molecule has 0 aliphatic carbocycles. The lowest BCUT2D eigenvalue weighted by Gasteiger charge is -1.99. The Balaban J connectivity index is 2.95. The molecule has 0 spiro atoms. The molecule has 1 aromatic heterocycles. The van der Waals surface area contributed by atoms with Crippen LogP contribution in [0.3, 0.4) is 0 Å². The van der Waals surface area contributed by atoms with Crippen LogP contribution < -0.4 is 0 Å².